The quantitative estimate of drug-likeness (QED) is 0.667. The minimum atomic E-state index is 0.126. The molecule has 7 nitrogen and oxygen atoms in total. The van der Waals surface area contributed by atoms with Crippen molar-refractivity contribution in [3.63, 3.8) is 0 Å². The van der Waals surface area contributed by atoms with Crippen LogP contribution in [-0.4, -0.2) is 24.3 Å². The van der Waals surface area contributed by atoms with Gasteiger partial charge in [0.25, 0.3) is 0 Å². The van der Waals surface area contributed by atoms with Crippen LogP contribution in [-0.2, 0) is 6.42 Å². The van der Waals surface area contributed by atoms with E-state index in [4.69, 9.17) is 11.5 Å². The summed E-state index contributed by atoms with van der Waals surface area (Å²) in [6.07, 6.45) is 4.33. The van der Waals surface area contributed by atoms with Gasteiger partial charge in [-0.1, -0.05) is 6.07 Å². The number of nitrogen functional groups attached to an aromatic ring is 2. The molecule has 0 aliphatic heterocycles. The highest BCUT2D eigenvalue weighted by atomic mass is 15.1. The van der Waals surface area contributed by atoms with Crippen LogP contribution in [0.15, 0.2) is 30.6 Å². The van der Waals surface area contributed by atoms with Crippen LogP contribution in [0.25, 0.3) is 5.65 Å². The lowest BCUT2D eigenvalue weighted by atomic mass is 10.3. The van der Waals surface area contributed by atoms with E-state index in [0.29, 0.717) is 12.2 Å². The molecule has 0 unspecified atom stereocenters. The number of rotatable bonds is 2. The van der Waals surface area contributed by atoms with Gasteiger partial charge in [0.2, 0.25) is 11.9 Å². The zero-order chi connectivity index (χ0) is 12.5. The van der Waals surface area contributed by atoms with Crippen LogP contribution in [0.5, 0.6) is 0 Å². The van der Waals surface area contributed by atoms with E-state index in [0.717, 1.165) is 11.3 Å². The van der Waals surface area contributed by atoms with Gasteiger partial charge in [-0.25, -0.2) is 4.98 Å². The summed E-state index contributed by atoms with van der Waals surface area (Å²) < 4.78 is 1.93. The van der Waals surface area contributed by atoms with Gasteiger partial charge in [-0.05, 0) is 12.1 Å². The van der Waals surface area contributed by atoms with Crippen molar-refractivity contribution >= 4 is 17.5 Å². The molecule has 90 valence electrons. The summed E-state index contributed by atoms with van der Waals surface area (Å²) >= 11 is 0. The topological polar surface area (TPSA) is 108 Å². The van der Waals surface area contributed by atoms with Crippen molar-refractivity contribution in [2.45, 2.75) is 6.42 Å². The average Bonchev–Trinajstić information content (AvgIpc) is 2.69. The smallest absolute Gasteiger partial charge is 0.225 e. The van der Waals surface area contributed by atoms with Crippen molar-refractivity contribution in [3.05, 3.63) is 42.1 Å². The Morgan fingerprint density at radius 1 is 1.00 bits per heavy atom. The maximum Gasteiger partial charge on any atom is 0.225 e. The standard InChI is InChI=1S/C11H11N7/c12-10-15-8(16-11(13)17-10)5-7-6-18-4-2-1-3-9(18)14-7/h1-4,6H,5H2,(H4,12,13,15,16,17). The lowest BCUT2D eigenvalue weighted by Crippen LogP contribution is -2.07. The van der Waals surface area contributed by atoms with Crippen LogP contribution in [0.4, 0.5) is 11.9 Å². The highest BCUT2D eigenvalue weighted by Gasteiger charge is 2.06. The van der Waals surface area contributed by atoms with E-state index < -0.39 is 0 Å². The van der Waals surface area contributed by atoms with E-state index >= 15 is 0 Å². The van der Waals surface area contributed by atoms with Crippen molar-refractivity contribution in [1.29, 1.82) is 0 Å². The number of hydrogen-bond donors (Lipinski definition) is 2. The second-order valence-corrected chi connectivity index (χ2v) is 3.84. The van der Waals surface area contributed by atoms with Crippen LogP contribution in [0, 0.1) is 0 Å². The summed E-state index contributed by atoms with van der Waals surface area (Å²) in [4.78, 5) is 16.2. The summed E-state index contributed by atoms with van der Waals surface area (Å²) in [6, 6.07) is 5.81. The monoisotopic (exact) mass is 241 g/mol. The van der Waals surface area contributed by atoms with E-state index in [1.165, 1.54) is 0 Å². The van der Waals surface area contributed by atoms with Crippen LogP contribution >= 0.6 is 0 Å². The van der Waals surface area contributed by atoms with Gasteiger partial charge in [-0.15, -0.1) is 0 Å². The van der Waals surface area contributed by atoms with E-state index in [9.17, 15) is 0 Å². The van der Waals surface area contributed by atoms with Crippen LogP contribution < -0.4 is 11.5 Å². The van der Waals surface area contributed by atoms with Crippen molar-refractivity contribution in [2.24, 2.45) is 0 Å². The zero-order valence-electron chi connectivity index (χ0n) is 9.48. The van der Waals surface area contributed by atoms with E-state index in [2.05, 4.69) is 19.9 Å². The van der Waals surface area contributed by atoms with Crippen LogP contribution in [0.1, 0.15) is 11.5 Å². The third-order valence-corrected chi connectivity index (χ3v) is 2.47. The molecule has 7 heteroatoms. The summed E-state index contributed by atoms with van der Waals surface area (Å²) in [6.45, 7) is 0. The van der Waals surface area contributed by atoms with Crippen LogP contribution in [0.3, 0.4) is 0 Å². The summed E-state index contributed by atoms with van der Waals surface area (Å²) in [5.41, 5.74) is 12.8. The molecule has 0 fully saturated rings. The first-order chi connectivity index (χ1) is 8.70. The molecule has 3 aromatic rings. The van der Waals surface area contributed by atoms with Crippen LogP contribution in [0.2, 0.25) is 0 Å². The Balaban J connectivity index is 1.96. The molecule has 0 aliphatic carbocycles. The molecule has 0 spiro atoms. The van der Waals surface area contributed by atoms with Gasteiger partial charge in [0.15, 0.2) is 0 Å². The Morgan fingerprint density at radius 3 is 2.50 bits per heavy atom. The largest absolute Gasteiger partial charge is 0.368 e. The van der Waals surface area contributed by atoms with Crippen molar-refractivity contribution in [1.82, 2.24) is 24.3 Å². The molecule has 0 aliphatic rings. The summed E-state index contributed by atoms with van der Waals surface area (Å²) in [7, 11) is 0. The molecular formula is C11H11N7. The fraction of sp³-hybridized carbons (Fsp3) is 0.0909. The third kappa shape index (κ3) is 1.93. The van der Waals surface area contributed by atoms with Gasteiger partial charge in [-0.2, -0.15) is 15.0 Å². The molecule has 0 bridgehead atoms. The normalized spacial score (nSPS) is 10.9. The molecule has 0 atom stereocenters. The molecule has 4 N–H and O–H groups in total. The van der Waals surface area contributed by atoms with Crippen molar-refractivity contribution in [3.8, 4) is 0 Å². The molecule has 18 heavy (non-hydrogen) atoms. The minimum Gasteiger partial charge on any atom is -0.368 e. The molecule has 0 aromatic carbocycles. The van der Waals surface area contributed by atoms with E-state index in [1.54, 1.807) is 0 Å². The third-order valence-electron chi connectivity index (χ3n) is 2.47. The fourth-order valence-electron chi connectivity index (χ4n) is 1.77. The molecule has 3 aromatic heterocycles. The number of fused-ring (bicyclic) bond motifs is 1. The van der Waals surface area contributed by atoms with E-state index in [-0.39, 0.29) is 11.9 Å². The minimum absolute atomic E-state index is 0.126. The first kappa shape index (κ1) is 10.5. The van der Waals surface area contributed by atoms with E-state index in [1.807, 2.05) is 35.0 Å². The second-order valence-electron chi connectivity index (χ2n) is 3.84. The predicted octanol–water partition coefficient (Wildman–Crippen LogP) is 0.274. The number of nitrogens with two attached hydrogens (primary N) is 2. The maximum absolute atomic E-state index is 5.52. The molecule has 3 rings (SSSR count). The predicted molar refractivity (Wildman–Crippen MR) is 66.6 cm³/mol. The number of aromatic nitrogens is 5. The second kappa shape index (κ2) is 3.95. The van der Waals surface area contributed by atoms with Gasteiger partial charge in [-0.3, -0.25) is 0 Å². The Hall–Kier alpha value is -2.70. The Morgan fingerprint density at radius 2 is 1.78 bits per heavy atom. The summed E-state index contributed by atoms with van der Waals surface area (Å²) in [5.74, 6) is 0.769. The maximum atomic E-state index is 5.52. The zero-order valence-corrected chi connectivity index (χ0v) is 9.48. The first-order valence-electron chi connectivity index (χ1n) is 5.39. The van der Waals surface area contributed by atoms with Gasteiger partial charge >= 0.3 is 0 Å². The lowest BCUT2D eigenvalue weighted by Gasteiger charge is -1.99. The number of hydrogen-bond acceptors (Lipinski definition) is 6. The molecular weight excluding hydrogens is 230 g/mol. The number of nitrogens with zero attached hydrogens (tertiary/aromatic N) is 5. The molecule has 0 saturated heterocycles. The SMILES string of the molecule is Nc1nc(N)nc(Cc2cn3ccccc3n2)n1. The summed E-state index contributed by atoms with van der Waals surface area (Å²) in [5, 5.41) is 0. The van der Waals surface area contributed by atoms with Gasteiger partial charge in [0.1, 0.15) is 11.5 Å². The molecule has 0 saturated carbocycles. The highest BCUT2D eigenvalue weighted by molar-refractivity contribution is 5.40. The number of imidazole rings is 1. The van der Waals surface area contributed by atoms with Crippen molar-refractivity contribution < 1.29 is 0 Å². The lowest BCUT2D eigenvalue weighted by molar-refractivity contribution is 0.923. The van der Waals surface area contributed by atoms with Gasteiger partial charge in [0, 0.05) is 12.4 Å². The fourth-order valence-corrected chi connectivity index (χ4v) is 1.77. The number of anilines is 2. The highest BCUT2D eigenvalue weighted by Crippen LogP contribution is 2.09. The molecule has 0 amide bonds. The Bertz CT molecular complexity index is 650. The first-order valence-corrected chi connectivity index (χ1v) is 5.39. The Kier molecular flexibility index (Phi) is 2.30. The number of pyridine rings is 1. The van der Waals surface area contributed by atoms with Gasteiger partial charge < -0.3 is 15.9 Å². The van der Waals surface area contributed by atoms with Gasteiger partial charge in [0.05, 0.1) is 12.1 Å². The molecule has 3 heterocycles. The average molecular weight is 241 g/mol. The molecule has 0 radical (unpaired) electrons. The Labute approximate surface area is 103 Å². The van der Waals surface area contributed by atoms with Crippen molar-refractivity contribution in [2.75, 3.05) is 11.5 Å².